The molecule has 0 aromatic heterocycles. The average Bonchev–Trinajstić information content (AvgIpc) is 2.52. The highest BCUT2D eigenvalue weighted by Gasteiger charge is 2.60. The van der Waals surface area contributed by atoms with Crippen molar-refractivity contribution in [3.63, 3.8) is 0 Å². The Morgan fingerprint density at radius 1 is 1.18 bits per heavy atom. The maximum Gasteiger partial charge on any atom is 0.438 e. The zero-order valence-corrected chi connectivity index (χ0v) is 9.95. The molecule has 0 saturated heterocycles. The molecule has 0 fully saturated rings. The normalized spacial score (nSPS) is 26.8. The molecule has 92 valence electrons. The zero-order valence-electron chi connectivity index (χ0n) is 9.95. The fraction of sp³-hybridized carbons (Fsp3) is 0.417. The molecule has 3 nitrogen and oxygen atoms in total. The maximum atomic E-state index is 13.8. The molecule has 1 aromatic rings. The highest BCUT2D eigenvalue weighted by atomic mass is 19.3. The van der Waals surface area contributed by atoms with Crippen molar-refractivity contribution in [2.45, 2.75) is 18.7 Å². The van der Waals surface area contributed by atoms with E-state index in [2.05, 4.69) is 9.73 Å². The molecule has 1 aliphatic rings. The summed E-state index contributed by atoms with van der Waals surface area (Å²) in [5.41, 5.74) is -1.12. The average molecular weight is 240 g/mol. The third-order valence-corrected chi connectivity index (χ3v) is 2.99. The Kier molecular flexibility index (Phi) is 2.66. The van der Waals surface area contributed by atoms with Gasteiger partial charge >= 0.3 is 6.11 Å². The quantitative estimate of drug-likeness (QED) is 0.792. The van der Waals surface area contributed by atoms with Gasteiger partial charge in [0.15, 0.2) is 0 Å². The minimum absolute atomic E-state index is 0.0215. The van der Waals surface area contributed by atoms with Crippen molar-refractivity contribution in [3.8, 4) is 0 Å². The Morgan fingerprint density at radius 3 is 2.24 bits per heavy atom. The second-order valence-corrected chi connectivity index (χ2v) is 4.32. The third-order valence-electron chi connectivity index (χ3n) is 2.99. The van der Waals surface area contributed by atoms with E-state index in [1.165, 1.54) is 11.8 Å². The smallest absolute Gasteiger partial charge is 0.411 e. The van der Waals surface area contributed by atoms with Crippen LogP contribution in [0.25, 0.3) is 0 Å². The van der Waals surface area contributed by atoms with E-state index >= 15 is 0 Å². The van der Waals surface area contributed by atoms with Crippen LogP contribution in [0, 0.1) is 0 Å². The molecular formula is C12H14F2N2O. The summed E-state index contributed by atoms with van der Waals surface area (Å²) in [7, 11) is 3.10. The fourth-order valence-corrected chi connectivity index (χ4v) is 1.57. The Bertz CT molecular complexity index is 445. The Labute approximate surface area is 98.7 Å². The molecule has 1 aliphatic heterocycles. The van der Waals surface area contributed by atoms with Crippen molar-refractivity contribution in [2.75, 3.05) is 14.1 Å². The molecular weight excluding hydrogens is 226 g/mol. The summed E-state index contributed by atoms with van der Waals surface area (Å²) in [5.74, 6) is -0.0215. The molecule has 0 aliphatic carbocycles. The van der Waals surface area contributed by atoms with E-state index in [9.17, 15) is 8.78 Å². The fourth-order valence-electron chi connectivity index (χ4n) is 1.57. The van der Waals surface area contributed by atoms with Crippen LogP contribution in [-0.2, 0) is 4.74 Å². The summed E-state index contributed by atoms with van der Waals surface area (Å²) in [6.07, 6.45) is -3.33. The minimum atomic E-state index is -3.33. The van der Waals surface area contributed by atoms with Gasteiger partial charge in [-0.25, -0.2) is 4.99 Å². The van der Waals surface area contributed by atoms with Crippen molar-refractivity contribution < 1.29 is 13.5 Å². The first kappa shape index (κ1) is 12.0. The maximum absolute atomic E-state index is 13.8. The van der Waals surface area contributed by atoms with Crippen molar-refractivity contribution in [3.05, 3.63) is 35.9 Å². The number of halogens is 2. The monoisotopic (exact) mass is 240 g/mol. The van der Waals surface area contributed by atoms with Gasteiger partial charge in [-0.2, -0.15) is 8.78 Å². The minimum Gasteiger partial charge on any atom is -0.411 e. The predicted octanol–water partition coefficient (Wildman–Crippen LogP) is 2.33. The van der Waals surface area contributed by atoms with Crippen molar-refractivity contribution in [2.24, 2.45) is 4.99 Å². The molecule has 17 heavy (non-hydrogen) atoms. The van der Waals surface area contributed by atoms with E-state index in [1.54, 1.807) is 38.4 Å². The predicted molar refractivity (Wildman–Crippen MR) is 61.1 cm³/mol. The van der Waals surface area contributed by atoms with E-state index < -0.39 is 11.8 Å². The van der Waals surface area contributed by atoms with Crippen molar-refractivity contribution in [1.29, 1.82) is 0 Å². The van der Waals surface area contributed by atoms with Gasteiger partial charge in [-0.15, -0.1) is 0 Å². The van der Waals surface area contributed by atoms with E-state index in [1.807, 2.05) is 6.07 Å². The summed E-state index contributed by atoms with van der Waals surface area (Å²) in [6, 6.07) is 8.70. The summed E-state index contributed by atoms with van der Waals surface area (Å²) < 4.78 is 32.3. The number of ether oxygens (including phenoxy) is 1. The lowest BCUT2D eigenvalue weighted by molar-refractivity contribution is -0.241. The lowest BCUT2D eigenvalue weighted by Crippen LogP contribution is -2.52. The van der Waals surface area contributed by atoms with E-state index in [4.69, 9.17) is 0 Å². The van der Waals surface area contributed by atoms with Gasteiger partial charge in [0.2, 0.25) is 11.6 Å². The third kappa shape index (κ3) is 1.80. The Morgan fingerprint density at radius 2 is 1.76 bits per heavy atom. The molecule has 0 spiro atoms. The van der Waals surface area contributed by atoms with Crippen LogP contribution in [-0.4, -0.2) is 36.7 Å². The van der Waals surface area contributed by atoms with E-state index in [-0.39, 0.29) is 5.90 Å². The Hall–Kier alpha value is -1.49. The second kappa shape index (κ2) is 3.77. The Balaban J connectivity index is 2.42. The number of benzene rings is 1. The number of alkyl halides is 2. The molecule has 1 atom stereocenters. The summed E-state index contributed by atoms with van der Waals surface area (Å²) >= 11 is 0. The largest absolute Gasteiger partial charge is 0.438 e. The number of hydrogen-bond acceptors (Lipinski definition) is 3. The topological polar surface area (TPSA) is 24.8 Å². The van der Waals surface area contributed by atoms with E-state index in [0.29, 0.717) is 5.56 Å². The van der Waals surface area contributed by atoms with Gasteiger partial charge in [0.05, 0.1) is 0 Å². The van der Waals surface area contributed by atoms with Gasteiger partial charge in [-0.05, 0) is 33.2 Å². The van der Waals surface area contributed by atoms with Crippen LogP contribution < -0.4 is 0 Å². The molecule has 5 heteroatoms. The molecule has 0 bridgehead atoms. The molecule has 2 rings (SSSR count). The molecule has 1 unspecified atom stereocenters. The van der Waals surface area contributed by atoms with Gasteiger partial charge in [0.1, 0.15) is 0 Å². The lowest BCUT2D eigenvalue weighted by Gasteiger charge is -2.32. The molecule has 0 saturated carbocycles. The molecule has 1 heterocycles. The molecule has 0 N–H and O–H groups in total. The highest BCUT2D eigenvalue weighted by Crippen LogP contribution is 2.41. The molecule has 0 amide bonds. The SMILES string of the molecule is CN(C)C1(C)N=C(c2ccccc2)OC1(F)F. The number of likely N-dealkylation sites (N-methyl/N-ethyl adjacent to an activating group) is 1. The van der Waals surface area contributed by atoms with Crippen molar-refractivity contribution in [1.82, 2.24) is 4.90 Å². The van der Waals surface area contributed by atoms with Gasteiger partial charge < -0.3 is 4.74 Å². The van der Waals surface area contributed by atoms with Crippen LogP contribution in [0.5, 0.6) is 0 Å². The first-order valence-corrected chi connectivity index (χ1v) is 5.26. The number of hydrogen-bond donors (Lipinski definition) is 0. The second-order valence-electron chi connectivity index (χ2n) is 4.32. The van der Waals surface area contributed by atoms with Crippen LogP contribution >= 0.6 is 0 Å². The first-order valence-electron chi connectivity index (χ1n) is 5.26. The number of nitrogens with zero attached hydrogens (tertiary/aromatic N) is 2. The van der Waals surface area contributed by atoms with Gasteiger partial charge in [0, 0.05) is 5.56 Å². The number of aliphatic imine (C=N–C) groups is 1. The van der Waals surface area contributed by atoms with Gasteiger partial charge in [-0.3, -0.25) is 4.90 Å². The van der Waals surface area contributed by atoms with Crippen LogP contribution in [0.3, 0.4) is 0 Å². The van der Waals surface area contributed by atoms with Crippen LogP contribution in [0.1, 0.15) is 12.5 Å². The summed E-state index contributed by atoms with van der Waals surface area (Å²) in [6.45, 7) is 1.35. The highest BCUT2D eigenvalue weighted by molar-refractivity contribution is 5.95. The molecule has 0 radical (unpaired) electrons. The van der Waals surface area contributed by atoms with Gasteiger partial charge in [0.25, 0.3) is 0 Å². The molecule has 1 aromatic carbocycles. The van der Waals surface area contributed by atoms with Gasteiger partial charge in [-0.1, -0.05) is 18.2 Å². The van der Waals surface area contributed by atoms with Crippen LogP contribution in [0.15, 0.2) is 35.3 Å². The zero-order chi connectivity index (χ0) is 12.7. The number of rotatable bonds is 2. The van der Waals surface area contributed by atoms with Crippen LogP contribution in [0.4, 0.5) is 8.78 Å². The van der Waals surface area contributed by atoms with Crippen molar-refractivity contribution >= 4 is 5.90 Å². The van der Waals surface area contributed by atoms with E-state index in [0.717, 1.165) is 0 Å². The first-order chi connectivity index (χ1) is 7.87. The summed E-state index contributed by atoms with van der Waals surface area (Å²) in [5, 5.41) is 0. The standard InChI is InChI=1S/C12H14F2N2O/c1-11(16(2)3)12(13,14)17-10(15-11)9-7-5-4-6-8-9/h4-8H,1-3H3. The van der Waals surface area contributed by atoms with Crippen LogP contribution in [0.2, 0.25) is 0 Å². The summed E-state index contributed by atoms with van der Waals surface area (Å²) in [4.78, 5) is 5.36. The lowest BCUT2D eigenvalue weighted by atomic mass is 10.2.